The van der Waals surface area contributed by atoms with Crippen molar-refractivity contribution in [3.05, 3.63) is 54.1 Å². The Bertz CT molecular complexity index is 642. The molecular formula is C18H22N4O. The Balaban J connectivity index is 1.59. The number of amides is 1. The molecule has 1 N–H and O–H groups in total. The zero-order valence-corrected chi connectivity index (χ0v) is 13.4. The molecule has 0 saturated carbocycles. The third-order valence-electron chi connectivity index (χ3n) is 4.17. The van der Waals surface area contributed by atoms with Crippen LogP contribution in [0.4, 0.5) is 5.69 Å². The van der Waals surface area contributed by atoms with Crippen LogP contribution in [0.3, 0.4) is 0 Å². The van der Waals surface area contributed by atoms with Crippen LogP contribution in [0.2, 0.25) is 0 Å². The van der Waals surface area contributed by atoms with Crippen LogP contribution in [0.15, 0.2) is 42.9 Å². The van der Waals surface area contributed by atoms with E-state index in [1.807, 2.05) is 23.1 Å². The molecule has 0 bridgehead atoms. The fraction of sp³-hybridized carbons (Fsp3) is 0.389. The van der Waals surface area contributed by atoms with Gasteiger partial charge in [-0.3, -0.25) is 9.78 Å². The zero-order valence-electron chi connectivity index (χ0n) is 13.4. The van der Waals surface area contributed by atoms with Gasteiger partial charge >= 0.3 is 0 Å². The van der Waals surface area contributed by atoms with Gasteiger partial charge in [-0.1, -0.05) is 6.92 Å². The fourth-order valence-corrected chi connectivity index (χ4v) is 2.87. The summed E-state index contributed by atoms with van der Waals surface area (Å²) in [4.78, 5) is 22.7. The van der Waals surface area contributed by atoms with Gasteiger partial charge in [0.2, 0.25) is 0 Å². The molecule has 0 aliphatic carbocycles. The van der Waals surface area contributed by atoms with Gasteiger partial charge in [0, 0.05) is 32.0 Å². The van der Waals surface area contributed by atoms with E-state index in [2.05, 4.69) is 22.2 Å². The lowest BCUT2D eigenvalue weighted by atomic mass is 10.00. The number of anilines is 1. The molecule has 1 amide bonds. The van der Waals surface area contributed by atoms with Gasteiger partial charge in [0.1, 0.15) is 5.69 Å². The van der Waals surface area contributed by atoms with E-state index in [4.69, 9.17) is 0 Å². The maximum Gasteiger partial charge on any atom is 0.272 e. The maximum absolute atomic E-state index is 12.5. The Morgan fingerprint density at radius 1 is 1.30 bits per heavy atom. The van der Waals surface area contributed by atoms with E-state index in [0.29, 0.717) is 18.2 Å². The van der Waals surface area contributed by atoms with Crippen LogP contribution in [0.5, 0.6) is 0 Å². The average molecular weight is 310 g/mol. The number of nitrogens with one attached hydrogen (secondary N) is 1. The Morgan fingerprint density at radius 2 is 2.13 bits per heavy atom. The Hall–Kier alpha value is -2.43. The average Bonchev–Trinajstić information content (AvgIpc) is 2.61. The molecule has 120 valence electrons. The van der Waals surface area contributed by atoms with Crippen LogP contribution in [-0.2, 0) is 6.54 Å². The SMILES string of the molecule is CC1CCCN(C(=O)c2ccc(NCc3ccncc3)cn2)C1. The minimum atomic E-state index is 0.0391. The summed E-state index contributed by atoms with van der Waals surface area (Å²) in [5, 5.41) is 3.30. The summed E-state index contributed by atoms with van der Waals surface area (Å²) in [6, 6.07) is 7.65. The number of carbonyl (C=O) groups is 1. The second-order valence-corrected chi connectivity index (χ2v) is 6.14. The van der Waals surface area contributed by atoms with Crippen molar-refractivity contribution < 1.29 is 4.79 Å². The van der Waals surface area contributed by atoms with Crippen LogP contribution in [-0.4, -0.2) is 33.9 Å². The first-order valence-electron chi connectivity index (χ1n) is 8.10. The summed E-state index contributed by atoms with van der Waals surface area (Å²) >= 11 is 0. The molecule has 2 aromatic heterocycles. The fourth-order valence-electron chi connectivity index (χ4n) is 2.87. The number of likely N-dealkylation sites (tertiary alicyclic amines) is 1. The first-order chi connectivity index (χ1) is 11.2. The van der Waals surface area contributed by atoms with E-state index in [9.17, 15) is 4.79 Å². The summed E-state index contributed by atoms with van der Waals surface area (Å²) in [7, 11) is 0. The number of hydrogen-bond donors (Lipinski definition) is 1. The lowest BCUT2D eigenvalue weighted by Gasteiger charge is -2.30. The van der Waals surface area contributed by atoms with Crippen LogP contribution in [0.25, 0.3) is 0 Å². The van der Waals surface area contributed by atoms with Gasteiger partial charge in [-0.05, 0) is 48.6 Å². The number of rotatable bonds is 4. The molecule has 5 nitrogen and oxygen atoms in total. The van der Waals surface area contributed by atoms with Gasteiger partial charge in [-0.2, -0.15) is 0 Å². The standard InChI is InChI=1S/C18H22N4O/c1-14-3-2-10-22(13-14)18(23)17-5-4-16(12-21-17)20-11-15-6-8-19-9-7-15/h4-9,12,14,20H,2-3,10-11,13H2,1H3. The quantitative estimate of drug-likeness (QED) is 0.943. The molecule has 1 aliphatic heterocycles. The highest BCUT2D eigenvalue weighted by atomic mass is 16.2. The highest BCUT2D eigenvalue weighted by Gasteiger charge is 2.22. The minimum absolute atomic E-state index is 0.0391. The third-order valence-corrected chi connectivity index (χ3v) is 4.17. The molecule has 3 heterocycles. The number of pyridine rings is 2. The van der Waals surface area contributed by atoms with Crippen molar-refractivity contribution in [1.82, 2.24) is 14.9 Å². The third kappa shape index (κ3) is 4.06. The van der Waals surface area contributed by atoms with Gasteiger partial charge < -0.3 is 10.2 Å². The molecule has 0 spiro atoms. The molecule has 1 saturated heterocycles. The highest BCUT2D eigenvalue weighted by molar-refractivity contribution is 5.92. The van der Waals surface area contributed by atoms with Crippen LogP contribution in [0, 0.1) is 5.92 Å². The molecule has 5 heteroatoms. The molecule has 3 rings (SSSR count). The monoisotopic (exact) mass is 310 g/mol. The smallest absolute Gasteiger partial charge is 0.272 e. The topological polar surface area (TPSA) is 58.1 Å². The van der Waals surface area contributed by atoms with Crippen molar-refractivity contribution in [3.63, 3.8) is 0 Å². The highest BCUT2D eigenvalue weighted by Crippen LogP contribution is 2.18. The van der Waals surface area contributed by atoms with Gasteiger partial charge in [0.25, 0.3) is 5.91 Å². The number of hydrogen-bond acceptors (Lipinski definition) is 4. The van der Waals surface area contributed by atoms with Gasteiger partial charge in [-0.15, -0.1) is 0 Å². The molecule has 1 unspecified atom stereocenters. The first-order valence-corrected chi connectivity index (χ1v) is 8.10. The molecule has 1 atom stereocenters. The van der Waals surface area contributed by atoms with Crippen molar-refractivity contribution in [2.24, 2.45) is 5.92 Å². The summed E-state index contributed by atoms with van der Waals surface area (Å²) in [5.74, 6) is 0.617. The molecule has 0 aromatic carbocycles. The largest absolute Gasteiger partial charge is 0.380 e. The van der Waals surface area contributed by atoms with Gasteiger partial charge in [0.15, 0.2) is 0 Å². The number of nitrogens with zero attached hydrogens (tertiary/aromatic N) is 3. The van der Waals surface area contributed by atoms with E-state index in [0.717, 1.165) is 30.8 Å². The Labute approximate surface area is 136 Å². The lowest BCUT2D eigenvalue weighted by Crippen LogP contribution is -2.39. The zero-order chi connectivity index (χ0) is 16.1. The van der Waals surface area contributed by atoms with Crippen molar-refractivity contribution in [2.45, 2.75) is 26.3 Å². The summed E-state index contributed by atoms with van der Waals surface area (Å²) in [6.45, 7) is 4.58. The molecule has 1 aliphatic rings. The van der Waals surface area contributed by atoms with E-state index < -0.39 is 0 Å². The Kier molecular flexibility index (Phi) is 4.86. The van der Waals surface area contributed by atoms with Crippen LogP contribution in [0.1, 0.15) is 35.8 Å². The maximum atomic E-state index is 12.5. The van der Waals surface area contributed by atoms with E-state index >= 15 is 0 Å². The second-order valence-electron chi connectivity index (χ2n) is 6.14. The predicted octanol–water partition coefficient (Wildman–Crippen LogP) is 2.96. The first kappa shape index (κ1) is 15.5. The van der Waals surface area contributed by atoms with E-state index in [-0.39, 0.29) is 5.91 Å². The van der Waals surface area contributed by atoms with Gasteiger partial charge in [0.05, 0.1) is 11.9 Å². The van der Waals surface area contributed by atoms with Crippen molar-refractivity contribution in [1.29, 1.82) is 0 Å². The summed E-state index contributed by atoms with van der Waals surface area (Å²) in [5.41, 5.74) is 2.58. The number of aromatic nitrogens is 2. The van der Waals surface area contributed by atoms with Crippen LogP contribution >= 0.6 is 0 Å². The second kappa shape index (κ2) is 7.22. The van der Waals surface area contributed by atoms with Gasteiger partial charge in [-0.25, -0.2) is 4.98 Å². The van der Waals surface area contributed by atoms with Crippen LogP contribution < -0.4 is 5.32 Å². The predicted molar refractivity (Wildman–Crippen MR) is 90.1 cm³/mol. The number of piperidine rings is 1. The Morgan fingerprint density at radius 3 is 2.83 bits per heavy atom. The molecule has 0 radical (unpaired) electrons. The molecular weight excluding hydrogens is 288 g/mol. The van der Waals surface area contributed by atoms with E-state index in [1.165, 1.54) is 6.42 Å². The number of carbonyl (C=O) groups excluding carboxylic acids is 1. The molecule has 2 aromatic rings. The molecule has 23 heavy (non-hydrogen) atoms. The summed E-state index contributed by atoms with van der Waals surface area (Å²) in [6.07, 6.45) is 7.56. The molecule has 1 fully saturated rings. The summed E-state index contributed by atoms with van der Waals surface area (Å²) < 4.78 is 0. The minimum Gasteiger partial charge on any atom is -0.380 e. The normalized spacial score (nSPS) is 17.8. The lowest BCUT2D eigenvalue weighted by molar-refractivity contribution is 0.0677. The van der Waals surface area contributed by atoms with Crippen molar-refractivity contribution >= 4 is 11.6 Å². The van der Waals surface area contributed by atoms with E-state index in [1.54, 1.807) is 24.7 Å². The van der Waals surface area contributed by atoms with Crippen molar-refractivity contribution in [3.8, 4) is 0 Å². The van der Waals surface area contributed by atoms with Crippen molar-refractivity contribution in [2.75, 3.05) is 18.4 Å².